The summed E-state index contributed by atoms with van der Waals surface area (Å²) in [5.74, 6) is -1.17. The summed E-state index contributed by atoms with van der Waals surface area (Å²) in [7, 11) is 0. The van der Waals surface area contributed by atoms with Crippen molar-refractivity contribution in [3.05, 3.63) is 59.7 Å². The average Bonchev–Trinajstić information content (AvgIpc) is 3.05. The van der Waals surface area contributed by atoms with Crippen molar-refractivity contribution in [3.63, 3.8) is 0 Å². The maximum Gasteiger partial charge on any atom is 0.407 e. The molecule has 0 aliphatic heterocycles. The van der Waals surface area contributed by atoms with Gasteiger partial charge in [0.25, 0.3) is 0 Å². The van der Waals surface area contributed by atoms with E-state index in [4.69, 9.17) is 11.5 Å². The topological polar surface area (TPSA) is 139 Å². The number of carbonyl (C=O) groups is 3. The lowest BCUT2D eigenvalue weighted by Gasteiger charge is -2.24. The van der Waals surface area contributed by atoms with Crippen LogP contribution in [-0.4, -0.2) is 53.6 Å². The molecule has 1 atom stereocenters. The predicted octanol–water partition coefficient (Wildman–Crippen LogP) is 1.49. The normalized spacial score (nSPS) is 13.2. The Morgan fingerprint density at radius 2 is 1.60 bits per heavy atom. The molecule has 8 heteroatoms. The van der Waals surface area contributed by atoms with Gasteiger partial charge in [0.2, 0.25) is 11.8 Å². The minimum absolute atomic E-state index is 0.0407. The minimum Gasteiger partial charge on any atom is -0.465 e. The lowest BCUT2D eigenvalue weighted by Crippen LogP contribution is -2.44. The SMILES string of the molecule is NC(=O)CNC(=O)[C@@H](N)CCCN(CC1c2ccccc2-c2ccccc21)C(=O)O. The van der Waals surface area contributed by atoms with E-state index in [2.05, 4.69) is 17.4 Å². The number of nitrogens with one attached hydrogen (secondary N) is 1. The largest absolute Gasteiger partial charge is 0.465 e. The summed E-state index contributed by atoms with van der Waals surface area (Å²) >= 11 is 0. The van der Waals surface area contributed by atoms with E-state index in [0.29, 0.717) is 19.4 Å². The molecular weight excluding hydrogens is 384 g/mol. The fourth-order valence-corrected chi connectivity index (χ4v) is 3.88. The number of benzene rings is 2. The van der Waals surface area contributed by atoms with E-state index in [9.17, 15) is 19.5 Å². The van der Waals surface area contributed by atoms with Gasteiger partial charge in [0, 0.05) is 19.0 Å². The molecule has 158 valence electrons. The zero-order valence-electron chi connectivity index (χ0n) is 16.6. The van der Waals surface area contributed by atoms with Gasteiger partial charge in [0.15, 0.2) is 0 Å². The van der Waals surface area contributed by atoms with Gasteiger partial charge in [0.1, 0.15) is 0 Å². The molecule has 1 aliphatic carbocycles. The molecule has 1 aliphatic rings. The van der Waals surface area contributed by atoms with E-state index in [1.165, 1.54) is 4.90 Å². The molecular formula is C22H26N4O4. The molecule has 3 rings (SSSR count). The number of rotatable bonds is 9. The summed E-state index contributed by atoms with van der Waals surface area (Å²) < 4.78 is 0. The van der Waals surface area contributed by atoms with Crippen molar-refractivity contribution in [3.8, 4) is 11.1 Å². The minimum atomic E-state index is -1.01. The van der Waals surface area contributed by atoms with Crippen LogP contribution in [-0.2, 0) is 9.59 Å². The molecule has 0 saturated carbocycles. The van der Waals surface area contributed by atoms with Crippen LogP contribution in [0.2, 0.25) is 0 Å². The van der Waals surface area contributed by atoms with E-state index in [-0.39, 0.29) is 19.0 Å². The molecule has 6 N–H and O–H groups in total. The first kappa shape index (κ1) is 21.3. The van der Waals surface area contributed by atoms with Gasteiger partial charge in [-0.05, 0) is 35.1 Å². The van der Waals surface area contributed by atoms with E-state index < -0.39 is 23.9 Å². The fourth-order valence-electron chi connectivity index (χ4n) is 3.88. The summed E-state index contributed by atoms with van der Waals surface area (Å²) in [5.41, 5.74) is 15.3. The van der Waals surface area contributed by atoms with Gasteiger partial charge in [0.05, 0.1) is 12.6 Å². The van der Waals surface area contributed by atoms with Crippen molar-refractivity contribution in [1.29, 1.82) is 0 Å². The van der Waals surface area contributed by atoms with Crippen molar-refractivity contribution < 1.29 is 19.5 Å². The number of carbonyl (C=O) groups excluding carboxylic acids is 2. The monoisotopic (exact) mass is 410 g/mol. The van der Waals surface area contributed by atoms with Crippen LogP contribution in [0.3, 0.4) is 0 Å². The highest BCUT2D eigenvalue weighted by Crippen LogP contribution is 2.44. The van der Waals surface area contributed by atoms with Crippen molar-refractivity contribution in [2.45, 2.75) is 24.8 Å². The van der Waals surface area contributed by atoms with Gasteiger partial charge in [-0.15, -0.1) is 0 Å². The van der Waals surface area contributed by atoms with Crippen LogP contribution < -0.4 is 16.8 Å². The zero-order valence-corrected chi connectivity index (χ0v) is 16.6. The van der Waals surface area contributed by atoms with Crippen molar-refractivity contribution >= 4 is 17.9 Å². The molecule has 2 aromatic carbocycles. The van der Waals surface area contributed by atoms with Gasteiger partial charge in [-0.3, -0.25) is 9.59 Å². The van der Waals surface area contributed by atoms with E-state index in [0.717, 1.165) is 22.3 Å². The molecule has 0 spiro atoms. The number of hydrogen-bond acceptors (Lipinski definition) is 4. The molecule has 0 unspecified atom stereocenters. The lowest BCUT2D eigenvalue weighted by atomic mass is 9.96. The van der Waals surface area contributed by atoms with E-state index >= 15 is 0 Å². The summed E-state index contributed by atoms with van der Waals surface area (Å²) in [6.07, 6.45) is -0.289. The third-order valence-electron chi connectivity index (χ3n) is 5.35. The Labute approximate surface area is 174 Å². The molecule has 3 amide bonds. The number of fused-ring (bicyclic) bond motifs is 3. The Bertz CT molecular complexity index is 901. The number of primary amides is 1. The molecule has 30 heavy (non-hydrogen) atoms. The summed E-state index contributed by atoms with van der Waals surface area (Å²) in [6, 6.07) is 15.3. The smallest absolute Gasteiger partial charge is 0.407 e. The lowest BCUT2D eigenvalue weighted by molar-refractivity contribution is -0.125. The molecule has 0 fully saturated rings. The van der Waals surface area contributed by atoms with E-state index in [1.54, 1.807) is 0 Å². The summed E-state index contributed by atoms with van der Waals surface area (Å²) in [6.45, 7) is 0.313. The van der Waals surface area contributed by atoms with Crippen LogP contribution in [0.4, 0.5) is 4.79 Å². The Hall–Kier alpha value is -3.39. The maximum atomic E-state index is 11.9. The van der Waals surface area contributed by atoms with Crippen LogP contribution >= 0.6 is 0 Å². The molecule has 0 heterocycles. The second-order valence-corrected chi connectivity index (χ2v) is 7.39. The number of nitrogens with zero attached hydrogens (tertiary/aromatic N) is 1. The third-order valence-corrected chi connectivity index (χ3v) is 5.35. The molecule has 2 aromatic rings. The van der Waals surface area contributed by atoms with Crippen molar-refractivity contribution in [2.24, 2.45) is 11.5 Å². The van der Waals surface area contributed by atoms with Crippen LogP contribution in [0.25, 0.3) is 11.1 Å². The van der Waals surface area contributed by atoms with Gasteiger partial charge in [-0.25, -0.2) is 4.79 Å². The third kappa shape index (κ3) is 4.77. The average molecular weight is 410 g/mol. The van der Waals surface area contributed by atoms with Gasteiger partial charge in [-0.2, -0.15) is 0 Å². The molecule has 0 aromatic heterocycles. The first-order valence-corrected chi connectivity index (χ1v) is 9.86. The van der Waals surface area contributed by atoms with E-state index in [1.807, 2.05) is 36.4 Å². The second-order valence-electron chi connectivity index (χ2n) is 7.39. The first-order chi connectivity index (χ1) is 14.4. The van der Waals surface area contributed by atoms with Gasteiger partial charge in [-0.1, -0.05) is 48.5 Å². The number of hydrogen-bond donors (Lipinski definition) is 4. The van der Waals surface area contributed by atoms with Crippen LogP contribution in [0, 0.1) is 0 Å². The molecule has 8 nitrogen and oxygen atoms in total. The van der Waals surface area contributed by atoms with Crippen molar-refractivity contribution in [1.82, 2.24) is 10.2 Å². The van der Waals surface area contributed by atoms with Crippen LogP contribution in [0.15, 0.2) is 48.5 Å². The van der Waals surface area contributed by atoms with Crippen LogP contribution in [0.5, 0.6) is 0 Å². The quantitative estimate of drug-likeness (QED) is 0.496. The van der Waals surface area contributed by atoms with Gasteiger partial charge >= 0.3 is 6.09 Å². The highest BCUT2D eigenvalue weighted by molar-refractivity contribution is 5.86. The standard InChI is InChI=1S/C22H26N4O4/c23-19(21(28)25-12-20(24)27)10-5-11-26(22(29)30)13-18-16-8-3-1-6-14(16)15-7-2-4-9-17(15)18/h1-4,6-9,18-19H,5,10-13,23H2,(H2,24,27)(H,25,28)(H,29,30)/t19-/m0/s1. The maximum absolute atomic E-state index is 11.9. The Morgan fingerprint density at radius 1 is 1.03 bits per heavy atom. The fraction of sp³-hybridized carbons (Fsp3) is 0.318. The predicted molar refractivity (Wildman–Crippen MR) is 113 cm³/mol. The zero-order chi connectivity index (χ0) is 21.7. The van der Waals surface area contributed by atoms with Gasteiger partial charge < -0.3 is 26.8 Å². The van der Waals surface area contributed by atoms with Crippen molar-refractivity contribution in [2.75, 3.05) is 19.6 Å². The highest BCUT2D eigenvalue weighted by atomic mass is 16.4. The molecule has 0 bridgehead atoms. The highest BCUT2D eigenvalue weighted by Gasteiger charge is 2.30. The molecule has 0 saturated heterocycles. The summed E-state index contributed by atoms with van der Waals surface area (Å²) in [5, 5.41) is 12.1. The second kappa shape index (κ2) is 9.41. The number of nitrogens with two attached hydrogens (primary N) is 2. The Morgan fingerprint density at radius 3 is 2.13 bits per heavy atom. The number of carboxylic acid groups (broad SMARTS) is 1. The number of amides is 3. The Balaban J connectivity index is 1.63. The van der Waals surface area contributed by atoms with Crippen LogP contribution in [0.1, 0.15) is 29.9 Å². The molecule has 0 radical (unpaired) electrons. The first-order valence-electron chi connectivity index (χ1n) is 9.86. The Kier molecular flexibility index (Phi) is 6.68. The summed E-state index contributed by atoms with van der Waals surface area (Å²) in [4.78, 5) is 35.8.